The lowest BCUT2D eigenvalue weighted by Gasteiger charge is -2.33. The van der Waals surface area contributed by atoms with E-state index in [0.717, 1.165) is 44.0 Å². The number of nitrogens with zero attached hydrogens (tertiary/aromatic N) is 3. The Bertz CT molecular complexity index is 1150. The van der Waals surface area contributed by atoms with Gasteiger partial charge in [0.15, 0.2) is 0 Å². The second kappa shape index (κ2) is 11.1. The van der Waals surface area contributed by atoms with Crippen molar-refractivity contribution >= 4 is 11.0 Å². The zero-order valence-corrected chi connectivity index (χ0v) is 21.0. The summed E-state index contributed by atoms with van der Waals surface area (Å²) in [5.74, 6) is 0.461. The Balaban J connectivity index is 1.21. The number of piperidine rings is 1. The lowest BCUT2D eigenvalue weighted by atomic mass is 9.87. The molecule has 4 heteroatoms. The summed E-state index contributed by atoms with van der Waals surface area (Å²) >= 11 is 0. The van der Waals surface area contributed by atoms with Crippen molar-refractivity contribution in [3.8, 4) is 6.01 Å². The third-order valence-corrected chi connectivity index (χ3v) is 7.20. The predicted octanol–water partition coefficient (Wildman–Crippen LogP) is 7.07. The molecule has 0 radical (unpaired) electrons. The number of aromatic nitrogens is 2. The van der Waals surface area contributed by atoms with E-state index in [1.165, 1.54) is 29.5 Å². The first-order valence-electron chi connectivity index (χ1n) is 13.1. The third kappa shape index (κ3) is 5.59. The molecule has 0 unspecified atom stereocenters. The predicted molar refractivity (Wildman–Crippen MR) is 144 cm³/mol. The normalized spacial score (nSPS) is 15.3. The minimum absolute atomic E-state index is 0.118. The fourth-order valence-corrected chi connectivity index (χ4v) is 5.49. The molecule has 0 amide bonds. The van der Waals surface area contributed by atoms with Crippen LogP contribution in [-0.4, -0.2) is 40.2 Å². The van der Waals surface area contributed by atoms with Gasteiger partial charge in [-0.3, -0.25) is 4.57 Å². The van der Waals surface area contributed by atoms with Crippen LogP contribution in [0.2, 0.25) is 0 Å². The second-order valence-corrected chi connectivity index (χ2v) is 10.0. The van der Waals surface area contributed by atoms with Gasteiger partial charge in [0.2, 0.25) is 0 Å². The van der Waals surface area contributed by atoms with Crippen LogP contribution in [0.15, 0.2) is 84.9 Å². The van der Waals surface area contributed by atoms with Crippen LogP contribution in [-0.2, 0) is 0 Å². The zero-order chi connectivity index (χ0) is 24.0. The number of benzene rings is 3. The Morgan fingerprint density at radius 1 is 0.829 bits per heavy atom. The Morgan fingerprint density at radius 3 is 2.06 bits per heavy atom. The Hall–Kier alpha value is -3.11. The van der Waals surface area contributed by atoms with Crippen molar-refractivity contribution in [2.75, 3.05) is 19.6 Å². The molecule has 3 aromatic carbocycles. The van der Waals surface area contributed by atoms with E-state index < -0.39 is 0 Å². The maximum Gasteiger partial charge on any atom is 0.297 e. The number of likely N-dealkylation sites (tertiary alicyclic amines) is 1. The average molecular weight is 468 g/mol. The maximum atomic E-state index is 6.12. The van der Waals surface area contributed by atoms with E-state index in [1.807, 2.05) is 0 Å². The number of para-hydroxylation sites is 2. The summed E-state index contributed by atoms with van der Waals surface area (Å²) in [6.07, 6.45) is 4.76. The van der Waals surface area contributed by atoms with Crippen molar-refractivity contribution in [3.63, 3.8) is 0 Å². The van der Waals surface area contributed by atoms with Crippen molar-refractivity contribution in [1.29, 1.82) is 0 Å². The van der Waals surface area contributed by atoms with Crippen LogP contribution in [0.1, 0.15) is 62.6 Å². The Labute approximate surface area is 209 Å². The Kier molecular flexibility index (Phi) is 7.48. The van der Waals surface area contributed by atoms with Crippen LogP contribution in [0.25, 0.3) is 11.0 Å². The van der Waals surface area contributed by atoms with Gasteiger partial charge in [0.1, 0.15) is 0 Å². The summed E-state index contributed by atoms with van der Waals surface area (Å²) < 4.78 is 8.48. The highest BCUT2D eigenvalue weighted by Gasteiger charge is 2.26. The van der Waals surface area contributed by atoms with Gasteiger partial charge >= 0.3 is 0 Å². The number of hydrogen-bond donors (Lipinski definition) is 0. The van der Waals surface area contributed by atoms with E-state index in [9.17, 15) is 0 Å². The molecule has 182 valence electrons. The van der Waals surface area contributed by atoms with Crippen molar-refractivity contribution in [3.05, 3.63) is 96.1 Å². The third-order valence-electron chi connectivity index (χ3n) is 7.20. The van der Waals surface area contributed by atoms with Gasteiger partial charge in [-0.1, -0.05) is 72.8 Å². The van der Waals surface area contributed by atoms with Gasteiger partial charge in [-0.2, -0.15) is 4.98 Å². The molecule has 0 N–H and O–H groups in total. The first kappa shape index (κ1) is 23.6. The quantitative estimate of drug-likeness (QED) is 0.264. The zero-order valence-electron chi connectivity index (χ0n) is 21.0. The van der Waals surface area contributed by atoms with E-state index in [-0.39, 0.29) is 6.10 Å². The molecular formula is C31H37N3O. The lowest BCUT2D eigenvalue weighted by Crippen LogP contribution is -2.35. The molecule has 1 saturated heterocycles. The summed E-state index contributed by atoms with van der Waals surface area (Å²) in [6.45, 7) is 7.55. The number of ether oxygens (including phenoxy) is 1. The molecule has 0 bridgehead atoms. The maximum absolute atomic E-state index is 6.12. The van der Waals surface area contributed by atoms with Crippen LogP contribution >= 0.6 is 0 Å². The highest BCUT2D eigenvalue weighted by Crippen LogP contribution is 2.33. The molecule has 4 nitrogen and oxygen atoms in total. The minimum atomic E-state index is 0.118. The molecule has 4 aromatic rings. The SMILES string of the molecule is CC(C)Oc1nc2ccccc2n1C1CCN(CCCC(c2ccccc2)c2ccccc2)CC1. The molecule has 1 aromatic heterocycles. The average Bonchev–Trinajstić information content (AvgIpc) is 3.25. The van der Waals surface area contributed by atoms with Crippen molar-refractivity contribution in [1.82, 2.24) is 14.5 Å². The first-order chi connectivity index (χ1) is 17.2. The van der Waals surface area contributed by atoms with Gasteiger partial charge in [-0.15, -0.1) is 0 Å². The molecular weight excluding hydrogens is 430 g/mol. The first-order valence-corrected chi connectivity index (χ1v) is 13.1. The number of hydrogen-bond acceptors (Lipinski definition) is 3. The summed E-state index contributed by atoms with van der Waals surface area (Å²) in [4.78, 5) is 7.45. The van der Waals surface area contributed by atoms with Crippen molar-refractivity contribution < 1.29 is 4.74 Å². The monoisotopic (exact) mass is 467 g/mol. The van der Waals surface area contributed by atoms with Crippen LogP contribution in [0.3, 0.4) is 0 Å². The molecule has 1 aliphatic heterocycles. The molecule has 35 heavy (non-hydrogen) atoms. The number of rotatable bonds is 9. The van der Waals surface area contributed by atoms with E-state index in [1.54, 1.807) is 0 Å². The summed E-state index contributed by atoms with van der Waals surface area (Å²) in [5, 5.41) is 0. The van der Waals surface area contributed by atoms with E-state index in [4.69, 9.17) is 9.72 Å². The van der Waals surface area contributed by atoms with Gasteiger partial charge in [-0.25, -0.2) is 0 Å². The topological polar surface area (TPSA) is 30.3 Å². The van der Waals surface area contributed by atoms with Crippen LogP contribution in [0.4, 0.5) is 0 Å². The van der Waals surface area contributed by atoms with Crippen LogP contribution < -0.4 is 4.74 Å². The molecule has 0 atom stereocenters. The Morgan fingerprint density at radius 2 is 1.43 bits per heavy atom. The number of fused-ring (bicyclic) bond motifs is 1. The van der Waals surface area contributed by atoms with Gasteiger partial charge in [0.05, 0.1) is 17.1 Å². The largest absolute Gasteiger partial charge is 0.462 e. The fourth-order valence-electron chi connectivity index (χ4n) is 5.49. The van der Waals surface area contributed by atoms with E-state index in [0.29, 0.717) is 12.0 Å². The highest BCUT2D eigenvalue weighted by molar-refractivity contribution is 5.76. The van der Waals surface area contributed by atoms with Crippen molar-refractivity contribution in [2.45, 2.75) is 57.6 Å². The molecule has 2 heterocycles. The fraction of sp³-hybridized carbons (Fsp3) is 0.387. The minimum Gasteiger partial charge on any atom is -0.462 e. The second-order valence-electron chi connectivity index (χ2n) is 10.0. The molecule has 0 spiro atoms. The molecule has 0 aliphatic carbocycles. The molecule has 5 rings (SSSR count). The summed E-state index contributed by atoms with van der Waals surface area (Å²) in [7, 11) is 0. The number of imidazole rings is 1. The van der Waals surface area contributed by atoms with Gasteiger partial charge in [-0.05, 0) is 69.3 Å². The standard InChI is InChI=1S/C31H37N3O/c1-24(2)35-31-32-29-17-9-10-18-30(29)34(31)27-19-22-33(23-20-27)21-11-16-28(25-12-5-3-6-13-25)26-14-7-4-8-15-26/h3-10,12-15,17-18,24,27-28H,11,16,19-23H2,1-2H3. The van der Waals surface area contributed by atoms with Crippen LogP contribution in [0, 0.1) is 0 Å². The highest BCUT2D eigenvalue weighted by atomic mass is 16.5. The summed E-state index contributed by atoms with van der Waals surface area (Å²) in [6, 6.07) is 31.6. The van der Waals surface area contributed by atoms with Gasteiger partial charge in [0.25, 0.3) is 6.01 Å². The molecule has 1 aliphatic rings. The smallest absolute Gasteiger partial charge is 0.297 e. The van der Waals surface area contributed by atoms with Gasteiger partial charge < -0.3 is 9.64 Å². The van der Waals surface area contributed by atoms with Gasteiger partial charge in [0, 0.05) is 25.0 Å². The summed E-state index contributed by atoms with van der Waals surface area (Å²) in [5.41, 5.74) is 5.05. The van der Waals surface area contributed by atoms with Crippen LogP contribution in [0.5, 0.6) is 6.01 Å². The van der Waals surface area contributed by atoms with Crippen molar-refractivity contribution in [2.24, 2.45) is 0 Å². The molecule has 0 saturated carbocycles. The van der Waals surface area contributed by atoms with E-state index >= 15 is 0 Å². The molecule has 1 fully saturated rings. The lowest BCUT2D eigenvalue weighted by molar-refractivity contribution is 0.163. The van der Waals surface area contributed by atoms with E-state index in [2.05, 4.69) is 108 Å².